The highest BCUT2D eigenvalue weighted by Gasteiger charge is 2.24. The lowest BCUT2D eigenvalue weighted by Gasteiger charge is -2.12. The number of nitrogens with two attached hydrogens (primary N) is 2. The Morgan fingerprint density at radius 3 is 2.39 bits per heavy atom. The average Bonchev–Trinajstić information content (AvgIpc) is 3.95. The number of ether oxygens (including phenoxy) is 1. The fourth-order valence-electron chi connectivity index (χ4n) is 6.73. The van der Waals surface area contributed by atoms with E-state index in [1.54, 1.807) is 35.9 Å². The first kappa shape index (κ1) is 38.3. The molecule has 1 aromatic carbocycles. The zero-order valence-corrected chi connectivity index (χ0v) is 32.3. The predicted molar refractivity (Wildman–Crippen MR) is 213 cm³/mol. The number of primary amides is 2. The van der Waals surface area contributed by atoms with Gasteiger partial charge < -0.3 is 35.1 Å². The summed E-state index contributed by atoms with van der Waals surface area (Å²) in [5.74, 6) is -0.260. The van der Waals surface area contributed by atoms with Crippen molar-refractivity contribution < 1.29 is 23.5 Å². The fraction of sp³-hybridized carbons (Fsp3) is 0.308. The number of anilines is 1. The highest BCUT2D eigenvalue weighted by atomic mass is 16.5. The number of nitrogens with one attached hydrogen (secondary N) is 2. The number of fused-ring (bicyclic) bond motifs is 4. The largest absolute Gasteiger partial charge is 0.491 e. The molecule has 0 atom stereocenters. The van der Waals surface area contributed by atoms with Crippen molar-refractivity contribution in [2.24, 2.45) is 11.5 Å². The maximum absolute atomic E-state index is 13.6. The molecule has 0 radical (unpaired) electrons. The first-order valence-corrected chi connectivity index (χ1v) is 18.5. The second-order valence-corrected chi connectivity index (χ2v) is 13.3. The van der Waals surface area contributed by atoms with Crippen LogP contribution < -0.4 is 26.8 Å². The van der Waals surface area contributed by atoms with Gasteiger partial charge in [0.25, 0.3) is 5.91 Å². The van der Waals surface area contributed by atoms with Gasteiger partial charge in [0.2, 0.25) is 23.5 Å². The van der Waals surface area contributed by atoms with Gasteiger partial charge in [-0.1, -0.05) is 19.1 Å². The molecule has 6 heterocycles. The van der Waals surface area contributed by atoms with Crippen molar-refractivity contribution in [2.45, 2.75) is 60.2 Å². The van der Waals surface area contributed by atoms with Crippen molar-refractivity contribution in [3.8, 4) is 17.3 Å². The van der Waals surface area contributed by atoms with Crippen LogP contribution >= 0.6 is 0 Å². The minimum Gasteiger partial charge on any atom is -0.491 e. The molecule has 0 saturated heterocycles. The number of oxazole rings is 1. The zero-order chi connectivity index (χ0) is 40.4. The predicted octanol–water partition coefficient (Wildman–Crippen LogP) is 4.07. The van der Waals surface area contributed by atoms with Crippen molar-refractivity contribution in [3.05, 3.63) is 83.0 Å². The third-order valence-corrected chi connectivity index (χ3v) is 9.39. The van der Waals surface area contributed by atoms with Gasteiger partial charge in [0.15, 0.2) is 11.7 Å². The molecule has 7 rings (SSSR count). The van der Waals surface area contributed by atoms with Crippen molar-refractivity contribution in [1.82, 2.24) is 49.2 Å². The van der Waals surface area contributed by atoms with Crippen LogP contribution in [0.1, 0.15) is 68.8 Å². The Hall–Kier alpha value is -6.95. The number of aromatic nitrogens is 9. The fourth-order valence-corrected chi connectivity index (χ4v) is 6.73. The van der Waals surface area contributed by atoms with Crippen molar-refractivity contribution in [2.75, 3.05) is 25.5 Å². The highest BCUT2D eigenvalue weighted by Crippen LogP contribution is 2.32. The van der Waals surface area contributed by atoms with E-state index in [-0.39, 0.29) is 29.4 Å². The first-order chi connectivity index (χ1) is 27.5. The minimum absolute atomic E-state index is 0.0855. The Labute approximate surface area is 326 Å². The molecule has 18 heteroatoms. The molecule has 6 aromatic heterocycles. The lowest BCUT2D eigenvalue weighted by molar-refractivity contribution is 0.0987. The Balaban J connectivity index is 1.30. The molecule has 0 fully saturated rings. The number of rotatable bonds is 16. The van der Waals surface area contributed by atoms with Crippen LogP contribution in [0, 0.1) is 13.8 Å². The van der Waals surface area contributed by atoms with Crippen LogP contribution in [0.3, 0.4) is 0 Å². The van der Waals surface area contributed by atoms with E-state index in [9.17, 15) is 14.4 Å². The summed E-state index contributed by atoms with van der Waals surface area (Å²) in [4.78, 5) is 61.5. The van der Waals surface area contributed by atoms with Crippen LogP contribution in [0.15, 0.2) is 53.2 Å². The first-order valence-electron chi connectivity index (χ1n) is 18.5. The molecule has 0 aliphatic heterocycles. The standard InChI is InChI=1S/C39H43N13O5/c1-6-27-32(57-22(4)45-27)38(55)48-39-46-28-17-23(33(40)53)18-30(56-14-10-11-42-5)31(28)50(39)12-8-9-13-51-36-25(16-24(19-44-36)34(41)54)26-20-43-35(47-37(26)51)29-15-21(3)49-52(29)7-2/h8-9,15-20,42H,6-7,10-14H2,1-5H3,(H2,40,53)(H2,41,54)(H,46,48,55)/b9-8+. The summed E-state index contributed by atoms with van der Waals surface area (Å²) < 4.78 is 17.4. The van der Waals surface area contributed by atoms with E-state index in [1.807, 2.05) is 55.3 Å². The molecule has 18 nitrogen and oxygen atoms in total. The van der Waals surface area contributed by atoms with Crippen LogP contribution in [0.25, 0.3) is 44.6 Å². The van der Waals surface area contributed by atoms with E-state index in [2.05, 4.69) is 30.7 Å². The van der Waals surface area contributed by atoms with E-state index in [4.69, 9.17) is 30.6 Å². The molecule has 3 amide bonds. The summed E-state index contributed by atoms with van der Waals surface area (Å²) in [6.45, 7) is 9.71. The van der Waals surface area contributed by atoms with E-state index in [1.165, 1.54) is 6.20 Å². The second-order valence-electron chi connectivity index (χ2n) is 13.3. The zero-order valence-electron chi connectivity index (χ0n) is 32.3. The van der Waals surface area contributed by atoms with E-state index < -0.39 is 17.7 Å². The van der Waals surface area contributed by atoms with Crippen LogP contribution in [0.2, 0.25) is 0 Å². The molecular weight excluding hydrogens is 731 g/mol. The molecule has 0 spiro atoms. The van der Waals surface area contributed by atoms with Crippen LogP contribution in [0.4, 0.5) is 5.95 Å². The van der Waals surface area contributed by atoms with Gasteiger partial charge in [0.05, 0.1) is 29.1 Å². The normalized spacial score (nSPS) is 11.7. The summed E-state index contributed by atoms with van der Waals surface area (Å²) in [5, 5.41) is 11.9. The number of hydrogen-bond donors (Lipinski definition) is 4. The maximum atomic E-state index is 13.6. The summed E-state index contributed by atoms with van der Waals surface area (Å²) in [5.41, 5.74) is 16.0. The Morgan fingerprint density at radius 2 is 1.67 bits per heavy atom. The van der Waals surface area contributed by atoms with E-state index in [0.29, 0.717) is 95.3 Å². The number of carbonyl (C=O) groups is 3. The topological polar surface area (TPSA) is 242 Å². The van der Waals surface area contributed by atoms with Gasteiger partial charge in [-0.05, 0) is 64.5 Å². The molecule has 0 saturated carbocycles. The number of nitrogens with zero attached hydrogens (tertiary/aromatic N) is 9. The Kier molecular flexibility index (Phi) is 10.8. The smallest absolute Gasteiger partial charge is 0.295 e. The molecule has 0 unspecified atom stereocenters. The van der Waals surface area contributed by atoms with Gasteiger partial charge in [-0.15, -0.1) is 0 Å². The maximum Gasteiger partial charge on any atom is 0.295 e. The van der Waals surface area contributed by atoms with Crippen molar-refractivity contribution in [1.29, 1.82) is 0 Å². The van der Waals surface area contributed by atoms with Gasteiger partial charge in [-0.2, -0.15) is 5.10 Å². The highest BCUT2D eigenvalue weighted by molar-refractivity contribution is 6.08. The van der Waals surface area contributed by atoms with Crippen LogP contribution in [-0.2, 0) is 26.1 Å². The number of allylic oxidation sites excluding steroid dienone is 2. The minimum atomic E-state index is -0.647. The number of carbonyl (C=O) groups excluding carboxylic acids is 3. The van der Waals surface area contributed by atoms with Gasteiger partial charge in [0.1, 0.15) is 28.3 Å². The molecule has 0 bridgehead atoms. The molecule has 0 aliphatic rings. The van der Waals surface area contributed by atoms with Gasteiger partial charge in [0, 0.05) is 55.3 Å². The van der Waals surface area contributed by atoms with E-state index >= 15 is 0 Å². The summed E-state index contributed by atoms with van der Waals surface area (Å²) >= 11 is 0. The Bertz CT molecular complexity index is 2700. The lowest BCUT2D eigenvalue weighted by atomic mass is 10.1. The third kappa shape index (κ3) is 7.53. The monoisotopic (exact) mass is 773 g/mol. The molecule has 57 heavy (non-hydrogen) atoms. The molecule has 294 valence electrons. The van der Waals surface area contributed by atoms with Gasteiger partial charge >= 0.3 is 0 Å². The number of pyridine rings is 1. The van der Waals surface area contributed by atoms with Gasteiger partial charge in [-0.3, -0.25) is 24.4 Å². The summed E-state index contributed by atoms with van der Waals surface area (Å²) in [6, 6.07) is 6.78. The summed E-state index contributed by atoms with van der Waals surface area (Å²) in [7, 11) is 1.85. The van der Waals surface area contributed by atoms with Gasteiger partial charge in [-0.25, -0.2) is 24.9 Å². The van der Waals surface area contributed by atoms with Crippen molar-refractivity contribution in [3.63, 3.8) is 0 Å². The number of aryl methyl sites for hydroxylation is 4. The second kappa shape index (κ2) is 16.0. The number of imidazole rings is 1. The average molecular weight is 774 g/mol. The summed E-state index contributed by atoms with van der Waals surface area (Å²) in [6.07, 6.45) is 8.19. The van der Waals surface area contributed by atoms with Crippen LogP contribution in [-0.4, -0.2) is 81.8 Å². The number of hydrogen-bond acceptors (Lipinski definition) is 12. The lowest BCUT2D eigenvalue weighted by Crippen LogP contribution is -2.17. The molecule has 6 N–H and O–H groups in total. The quantitative estimate of drug-likeness (QED) is 0.0803. The van der Waals surface area contributed by atoms with E-state index in [0.717, 1.165) is 11.4 Å². The number of amides is 3. The number of benzene rings is 1. The van der Waals surface area contributed by atoms with Crippen LogP contribution in [0.5, 0.6) is 5.75 Å². The van der Waals surface area contributed by atoms with Crippen molar-refractivity contribution >= 4 is 56.8 Å². The Morgan fingerprint density at radius 1 is 0.895 bits per heavy atom. The molecule has 0 aliphatic carbocycles. The molecule has 7 aromatic rings. The molecular formula is C39H43N13O5. The SMILES string of the molecule is CCc1nc(C)oc1C(=O)Nc1nc2cc(C(N)=O)cc(OCCCNC)c2n1C/C=C/Cn1c2ncc(C(N)=O)cc2c2cnc(-c3cc(C)nn3CC)nc21. The third-order valence-electron chi connectivity index (χ3n) is 9.39.